The van der Waals surface area contributed by atoms with Crippen molar-refractivity contribution in [1.29, 1.82) is 0 Å². The van der Waals surface area contributed by atoms with Crippen LogP contribution < -0.4 is 11.0 Å². The highest BCUT2D eigenvalue weighted by atomic mass is 16.2. The summed E-state index contributed by atoms with van der Waals surface area (Å²) >= 11 is 0. The first-order valence-electron chi connectivity index (χ1n) is 8.71. The topological polar surface area (TPSA) is 112 Å². The van der Waals surface area contributed by atoms with Gasteiger partial charge in [0.05, 0.1) is 23.1 Å². The number of carbonyl (C=O) groups excluding carboxylic acids is 1. The second kappa shape index (κ2) is 6.75. The van der Waals surface area contributed by atoms with Crippen molar-refractivity contribution in [3.05, 3.63) is 41.3 Å². The fraction of sp³-hybridized carbons (Fsp3) is 0.412. The van der Waals surface area contributed by atoms with E-state index in [-0.39, 0.29) is 17.6 Å². The first kappa shape index (κ1) is 16.5. The summed E-state index contributed by atoms with van der Waals surface area (Å²) in [5, 5.41) is 7.14. The van der Waals surface area contributed by atoms with Gasteiger partial charge in [0.15, 0.2) is 0 Å². The van der Waals surface area contributed by atoms with Gasteiger partial charge < -0.3 is 15.3 Å². The van der Waals surface area contributed by atoms with E-state index in [0.29, 0.717) is 17.2 Å². The summed E-state index contributed by atoms with van der Waals surface area (Å²) in [4.78, 5) is 35.5. The van der Waals surface area contributed by atoms with Crippen LogP contribution in [0.5, 0.6) is 0 Å². The van der Waals surface area contributed by atoms with Gasteiger partial charge in [0.25, 0.3) is 0 Å². The Bertz CT molecular complexity index is 951. The van der Waals surface area contributed by atoms with Gasteiger partial charge in [-0.25, -0.2) is 14.5 Å². The van der Waals surface area contributed by atoms with Gasteiger partial charge in [-0.1, -0.05) is 0 Å². The van der Waals surface area contributed by atoms with Crippen molar-refractivity contribution in [3.63, 3.8) is 0 Å². The van der Waals surface area contributed by atoms with Crippen molar-refractivity contribution in [1.82, 2.24) is 29.6 Å². The van der Waals surface area contributed by atoms with Crippen molar-refractivity contribution >= 4 is 22.6 Å². The maximum absolute atomic E-state index is 12.6. The van der Waals surface area contributed by atoms with E-state index in [0.717, 1.165) is 31.4 Å². The molecule has 3 N–H and O–H groups in total. The Labute approximate surface area is 149 Å². The van der Waals surface area contributed by atoms with Gasteiger partial charge in [-0.2, -0.15) is 5.10 Å². The van der Waals surface area contributed by atoms with Gasteiger partial charge in [0.1, 0.15) is 12.7 Å². The predicted molar refractivity (Wildman–Crippen MR) is 96.9 cm³/mol. The molecule has 26 heavy (non-hydrogen) atoms. The molecule has 1 saturated heterocycles. The predicted octanol–water partition coefficient (Wildman–Crippen LogP) is 1.11. The second-order valence-electron chi connectivity index (χ2n) is 6.65. The number of carbonyl (C=O) groups is 1. The third kappa shape index (κ3) is 3.25. The molecule has 4 rings (SSSR count). The number of amides is 1. The molecule has 1 amide bonds. The van der Waals surface area contributed by atoms with Crippen LogP contribution in [-0.4, -0.2) is 54.7 Å². The minimum absolute atomic E-state index is 0.0542. The number of anilines is 1. The lowest BCUT2D eigenvalue weighted by atomic mass is 10.0. The standard InChI is InChI=1S/C17H21N7O2/c1-11(23-6-4-13(5-7-23)24-10-18-9-19-24)16(25)20-12-2-3-14-15(8-12)22-17(26)21-14/h2-3,8-11,13H,4-7H2,1H3,(H,20,25)(H2,21,22,26). The third-order valence-corrected chi connectivity index (χ3v) is 5.02. The number of H-pyrrole nitrogens is 2. The SMILES string of the molecule is CC(C(=O)Nc1ccc2[nH]c(=O)[nH]c2c1)N1CCC(n2cncn2)CC1. The summed E-state index contributed by atoms with van der Waals surface area (Å²) in [7, 11) is 0. The molecule has 3 heterocycles. The molecule has 1 unspecified atom stereocenters. The molecular weight excluding hydrogens is 334 g/mol. The summed E-state index contributed by atoms with van der Waals surface area (Å²) in [6.07, 6.45) is 5.18. The number of benzene rings is 1. The second-order valence-corrected chi connectivity index (χ2v) is 6.65. The monoisotopic (exact) mass is 355 g/mol. The van der Waals surface area contributed by atoms with E-state index < -0.39 is 0 Å². The lowest BCUT2D eigenvalue weighted by Gasteiger charge is -2.35. The van der Waals surface area contributed by atoms with E-state index in [1.54, 1.807) is 30.9 Å². The van der Waals surface area contributed by atoms with E-state index in [9.17, 15) is 9.59 Å². The summed E-state index contributed by atoms with van der Waals surface area (Å²) in [5.41, 5.74) is 1.81. The number of hydrogen-bond donors (Lipinski definition) is 3. The quantitative estimate of drug-likeness (QED) is 0.649. The van der Waals surface area contributed by atoms with Crippen molar-refractivity contribution in [2.45, 2.75) is 31.8 Å². The van der Waals surface area contributed by atoms with Crippen LogP contribution in [0.2, 0.25) is 0 Å². The van der Waals surface area contributed by atoms with Gasteiger partial charge in [0.2, 0.25) is 5.91 Å². The molecule has 1 atom stereocenters. The maximum atomic E-state index is 12.6. The third-order valence-electron chi connectivity index (χ3n) is 5.02. The number of nitrogens with one attached hydrogen (secondary N) is 3. The highest BCUT2D eigenvalue weighted by Gasteiger charge is 2.27. The largest absolute Gasteiger partial charge is 0.325 e. The minimum Gasteiger partial charge on any atom is -0.325 e. The number of piperidine rings is 1. The zero-order chi connectivity index (χ0) is 18.1. The molecule has 3 aromatic rings. The van der Waals surface area contributed by atoms with Gasteiger partial charge in [-0.05, 0) is 38.0 Å². The van der Waals surface area contributed by atoms with E-state index in [2.05, 4.69) is 30.3 Å². The summed E-state index contributed by atoms with van der Waals surface area (Å²) in [6.45, 7) is 3.59. The maximum Gasteiger partial charge on any atom is 0.323 e. The number of hydrogen-bond acceptors (Lipinski definition) is 5. The average Bonchev–Trinajstić information content (AvgIpc) is 3.29. The summed E-state index contributed by atoms with van der Waals surface area (Å²) < 4.78 is 1.90. The molecule has 0 spiro atoms. The number of imidazole rings is 1. The highest BCUT2D eigenvalue weighted by Crippen LogP contribution is 2.23. The molecule has 0 bridgehead atoms. The van der Waals surface area contributed by atoms with E-state index in [1.165, 1.54) is 0 Å². The number of likely N-dealkylation sites (tertiary alicyclic amines) is 1. The molecule has 9 heteroatoms. The van der Waals surface area contributed by atoms with Crippen LogP contribution >= 0.6 is 0 Å². The van der Waals surface area contributed by atoms with Crippen molar-refractivity contribution < 1.29 is 4.79 Å². The van der Waals surface area contributed by atoms with E-state index in [4.69, 9.17) is 0 Å². The first-order valence-corrected chi connectivity index (χ1v) is 8.71. The number of rotatable bonds is 4. The fourth-order valence-electron chi connectivity index (χ4n) is 3.47. The van der Waals surface area contributed by atoms with Gasteiger partial charge in [-0.15, -0.1) is 0 Å². The molecule has 1 fully saturated rings. The van der Waals surface area contributed by atoms with Gasteiger partial charge in [-0.3, -0.25) is 9.69 Å². The lowest BCUT2D eigenvalue weighted by molar-refractivity contribution is -0.121. The van der Waals surface area contributed by atoms with E-state index in [1.807, 2.05) is 11.6 Å². The van der Waals surface area contributed by atoms with Crippen LogP contribution in [0, 0.1) is 0 Å². The zero-order valence-corrected chi connectivity index (χ0v) is 14.5. The Morgan fingerprint density at radius 3 is 2.77 bits per heavy atom. The van der Waals surface area contributed by atoms with Crippen LogP contribution in [0.3, 0.4) is 0 Å². The Balaban J connectivity index is 1.37. The summed E-state index contributed by atoms with van der Waals surface area (Å²) in [5.74, 6) is -0.0542. The molecule has 9 nitrogen and oxygen atoms in total. The molecule has 0 radical (unpaired) electrons. The van der Waals surface area contributed by atoms with Crippen LogP contribution in [-0.2, 0) is 4.79 Å². The number of fused-ring (bicyclic) bond motifs is 1. The molecule has 136 valence electrons. The minimum atomic E-state index is -0.257. The molecule has 1 aliphatic heterocycles. The number of aromatic nitrogens is 5. The average molecular weight is 355 g/mol. The van der Waals surface area contributed by atoms with Crippen molar-refractivity contribution in [2.24, 2.45) is 0 Å². The Morgan fingerprint density at radius 2 is 2.04 bits per heavy atom. The number of nitrogens with zero attached hydrogens (tertiary/aromatic N) is 4. The number of aromatic amines is 2. The van der Waals surface area contributed by atoms with Crippen LogP contribution in [0.4, 0.5) is 5.69 Å². The van der Waals surface area contributed by atoms with E-state index >= 15 is 0 Å². The smallest absolute Gasteiger partial charge is 0.323 e. The Kier molecular flexibility index (Phi) is 4.29. The molecule has 1 aliphatic rings. The molecular formula is C17H21N7O2. The zero-order valence-electron chi connectivity index (χ0n) is 14.5. The highest BCUT2D eigenvalue weighted by molar-refractivity contribution is 5.96. The summed E-state index contributed by atoms with van der Waals surface area (Å²) in [6, 6.07) is 5.43. The molecule has 0 saturated carbocycles. The van der Waals surface area contributed by atoms with Crippen molar-refractivity contribution in [3.8, 4) is 0 Å². The van der Waals surface area contributed by atoms with Crippen LogP contribution in [0.25, 0.3) is 11.0 Å². The Hall–Kier alpha value is -2.94. The molecule has 0 aliphatic carbocycles. The van der Waals surface area contributed by atoms with Crippen molar-refractivity contribution in [2.75, 3.05) is 18.4 Å². The Morgan fingerprint density at radius 1 is 1.27 bits per heavy atom. The first-order chi connectivity index (χ1) is 12.6. The fourth-order valence-corrected chi connectivity index (χ4v) is 3.47. The van der Waals surface area contributed by atoms with Gasteiger partial charge in [0, 0.05) is 18.8 Å². The van der Waals surface area contributed by atoms with Crippen LogP contribution in [0.15, 0.2) is 35.6 Å². The lowest BCUT2D eigenvalue weighted by Crippen LogP contribution is -2.46. The molecule has 2 aromatic heterocycles. The van der Waals surface area contributed by atoms with Crippen LogP contribution in [0.1, 0.15) is 25.8 Å². The normalized spacial score (nSPS) is 17.4. The van der Waals surface area contributed by atoms with Gasteiger partial charge >= 0.3 is 5.69 Å². The molecule has 1 aromatic carbocycles.